The zero-order valence-electron chi connectivity index (χ0n) is 21.4. The van der Waals surface area contributed by atoms with E-state index in [1.807, 2.05) is 49.4 Å². The van der Waals surface area contributed by atoms with Crippen molar-refractivity contribution in [2.75, 3.05) is 27.4 Å². The van der Waals surface area contributed by atoms with Gasteiger partial charge in [-0.3, -0.25) is 9.59 Å². The predicted octanol–water partition coefficient (Wildman–Crippen LogP) is 4.90. The van der Waals surface area contributed by atoms with E-state index in [1.165, 1.54) is 0 Å². The number of methoxy groups -OCH3 is 2. The van der Waals surface area contributed by atoms with Crippen molar-refractivity contribution in [3.05, 3.63) is 88.9 Å². The molecule has 0 saturated heterocycles. The average Bonchev–Trinajstić information content (AvgIpc) is 2.93. The summed E-state index contributed by atoms with van der Waals surface area (Å²) in [5.74, 6) is 0.966. The van der Waals surface area contributed by atoms with Crippen molar-refractivity contribution in [1.82, 2.24) is 10.2 Å². The summed E-state index contributed by atoms with van der Waals surface area (Å²) in [5, 5.41) is 3.55. The van der Waals surface area contributed by atoms with Crippen molar-refractivity contribution >= 4 is 23.4 Å². The molecule has 1 N–H and O–H groups in total. The van der Waals surface area contributed by atoms with Crippen LogP contribution in [0.1, 0.15) is 24.5 Å². The molecule has 3 aromatic carbocycles. The molecule has 0 aliphatic carbocycles. The fourth-order valence-corrected chi connectivity index (χ4v) is 3.93. The summed E-state index contributed by atoms with van der Waals surface area (Å²) in [6, 6.07) is 21.2. The van der Waals surface area contributed by atoms with Crippen LogP contribution in [0.2, 0.25) is 5.02 Å². The molecule has 1 atom stereocenters. The van der Waals surface area contributed by atoms with Crippen LogP contribution in [0.4, 0.5) is 0 Å². The molecular weight excluding hydrogens is 492 g/mol. The van der Waals surface area contributed by atoms with Gasteiger partial charge in [-0.2, -0.15) is 0 Å². The third-order valence-electron chi connectivity index (χ3n) is 5.77. The maximum Gasteiger partial charge on any atom is 0.261 e. The fourth-order valence-electron chi connectivity index (χ4n) is 3.80. The van der Waals surface area contributed by atoms with E-state index < -0.39 is 6.04 Å². The molecule has 0 radical (unpaired) electrons. The van der Waals surface area contributed by atoms with Crippen LogP contribution in [0.5, 0.6) is 17.2 Å². The lowest BCUT2D eigenvalue weighted by atomic mass is 10.0. The Balaban J connectivity index is 1.90. The highest BCUT2D eigenvalue weighted by molar-refractivity contribution is 6.30. The molecule has 2 amide bonds. The van der Waals surface area contributed by atoms with Gasteiger partial charge >= 0.3 is 0 Å². The summed E-state index contributed by atoms with van der Waals surface area (Å²) in [6.07, 6.45) is 1.15. The molecule has 0 aliphatic rings. The highest BCUT2D eigenvalue weighted by Crippen LogP contribution is 2.27. The van der Waals surface area contributed by atoms with Crippen LogP contribution in [0, 0.1) is 0 Å². The van der Waals surface area contributed by atoms with Gasteiger partial charge in [-0.15, -0.1) is 0 Å². The molecular formula is C29H33ClN2O5. The second kappa shape index (κ2) is 14.1. The van der Waals surface area contributed by atoms with Gasteiger partial charge in [0.2, 0.25) is 5.91 Å². The minimum absolute atomic E-state index is 0.212. The first kappa shape index (κ1) is 27.9. The molecule has 0 saturated carbocycles. The first-order valence-corrected chi connectivity index (χ1v) is 12.5. The molecule has 0 heterocycles. The Labute approximate surface area is 223 Å². The van der Waals surface area contributed by atoms with Crippen LogP contribution in [-0.2, 0) is 22.6 Å². The lowest BCUT2D eigenvalue weighted by molar-refractivity contribution is -0.142. The Hall–Kier alpha value is -3.71. The Morgan fingerprint density at radius 1 is 0.892 bits per heavy atom. The van der Waals surface area contributed by atoms with E-state index in [0.717, 1.165) is 17.5 Å². The van der Waals surface area contributed by atoms with Gasteiger partial charge in [-0.05, 0) is 29.7 Å². The number of hydrogen-bond acceptors (Lipinski definition) is 5. The number of carbonyl (C=O) groups is 2. The first-order chi connectivity index (χ1) is 17.9. The van der Waals surface area contributed by atoms with Gasteiger partial charge in [0.1, 0.15) is 23.3 Å². The largest absolute Gasteiger partial charge is 0.496 e. The SMILES string of the molecule is CCCNC(=O)C(Cc1ccccc1)N(Cc1ccc(Cl)cc1)C(=O)COc1cc(OC)cc(OC)c1. The number of hydrogen-bond donors (Lipinski definition) is 1. The summed E-state index contributed by atoms with van der Waals surface area (Å²) < 4.78 is 16.4. The van der Waals surface area contributed by atoms with Gasteiger partial charge in [0.05, 0.1) is 14.2 Å². The number of rotatable bonds is 13. The molecule has 8 heteroatoms. The van der Waals surface area contributed by atoms with Crippen LogP contribution in [0.3, 0.4) is 0 Å². The number of amides is 2. The lowest BCUT2D eigenvalue weighted by Crippen LogP contribution is -2.51. The van der Waals surface area contributed by atoms with Crippen LogP contribution in [0.15, 0.2) is 72.8 Å². The van der Waals surface area contributed by atoms with Crippen molar-refractivity contribution in [2.24, 2.45) is 0 Å². The Kier molecular flexibility index (Phi) is 10.6. The Morgan fingerprint density at radius 3 is 2.11 bits per heavy atom. The second-order valence-electron chi connectivity index (χ2n) is 8.48. The highest BCUT2D eigenvalue weighted by Gasteiger charge is 2.30. The topological polar surface area (TPSA) is 77.1 Å². The maximum atomic E-state index is 13.6. The monoisotopic (exact) mass is 524 g/mol. The fraction of sp³-hybridized carbons (Fsp3) is 0.310. The molecule has 196 valence electrons. The molecule has 7 nitrogen and oxygen atoms in total. The first-order valence-electron chi connectivity index (χ1n) is 12.1. The van der Waals surface area contributed by atoms with Gasteiger partial charge in [0, 0.05) is 42.7 Å². The smallest absolute Gasteiger partial charge is 0.261 e. The van der Waals surface area contributed by atoms with E-state index in [1.54, 1.807) is 49.5 Å². The molecule has 0 spiro atoms. The number of benzene rings is 3. The quantitative estimate of drug-likeness (QED) is 0.344. The number of ether oxygens (including phenoxy) is 3. The van der Waals surface area contributed by atoms with Crippen molar-refractivity contribution in [1.29, 1.82) is 0 Å². The van der Waals surface area contributed by atoms with Crippen molar-refractivity contribution in [3.63, 3.8) is 0 Å². The van der Waals surface area contributed by atoms with Gasteiger partial charge in [0.15, 0.2) is 6.61 Å². The van der Waals surface area contributed by atoms with Crippen molar-refractivity contribution in [3.8, 4) is 17.2 Å². The summed E-state index contributed by atoms with van der Waals surface area (Å²) in [6.45, 7) is 2.46. The van der Waals surface area contributed by atoms with Gasteiger partial charge in [-0.1, -0.05) is 61.0 Å². The van der Waals surface area contributed by atoms with E-state index in [-0.39, 0.29) is 25.0 Å². The number of carbonyl (C=O) groups excluding carboxylic acids is 2. The van der Waals surface area contributed by atoms with Gasteiger partial charge < -0.3 is 24.4 Å². The zero-order chi connectivity index (χ0) is 26.6. The second-order valence-corrected chi connectivity index (χ2v) is 8.92. The van der Waals surface area contributed by atoms with E-state index in [9.17, 15) is 9.59 Å². The van der Waals surface area contributed by atoms with E-state index in [4.69, 9.17) is 25.8 Å². The van der Waals surface area contributed by atoms with E-state index >= 15 is 0 Å². The summed E-state index contributed by atoms with van der Waals surface area (Å²) >= 11 is 6.07. The standard InChI is InChI=1S/C29H33ClN2O5/c1-4-14-31-29(34)27(15-21-8-6-5-7-9-21)32(19-22-10-12-23(30)13-11-22)28(33)20-37-26-17-24(35-2)16-25(18-26)36-3/h5-13,16-18,27H,4,14-15,19-20H2,1-3H3,(H,31,34). The van der Waals surface area contributed by atoms with Crippen molar-refractivity contribution < 1.29 is 23.8 Å². The molecule has 0 fully saturated rings. The molecule has 1 unspecified atom stereocenters. The lowest BCUT2D eigenvalue weighted by Gasteiger charge is -2.31. The van der Waals surface area contributed by atoms with Gasteiger partial charge in [-0.25, -0.2) is 0 Å². The zero-order valence-corrected chi connectivity index (χ0v) is 22.2. The molecule has 0 bridgehead atoms. The highest BCUT2D eigenvalue weighted by atomic mass is 35.5. The van der Waals surface area contributed by atoms with Gasteiger partial charge in [0.25, 0.3) is 5.91 Å². The number of halogens is 1. The van der Waals surface area contributed by atoms with Crippen LogP contribution in [0.25, 0.3) is 0 Å². The third-order valence-corrected chi connectivity index (χ3v) is 6.03. The summed E-state index contributed by atoms with van der Waals surface area (Å²) in [4.78, 5) is 28.5. The maximum absolute atomic E-state index is 13.6. The number of nitrogens with zero attached hydrogens (tertiary/aromatic N) is 1. The van der Waals surface area contributed by atoms with Crippen molar-refractivity contribution in [2.45, 2.75) is 32.4 Å². The average molecular weight is 525 g/mol. The normalized spacial score (nSPS) is 11.4. The van der Waals surface area contributed by atoms with Crippen LogP contribution < -0.4 is 19.5 Å². The van der Waals surface area contributed by atoms with E-state index in [0.29, 0.717) is 35.2 Å². The molecule has 0 aromatic heterocycles. The summed E-state index contributed by atoms with van der Waals surface area (Å²) in [7, 11) is 3.08. The Morgan fingerprint density at radius 2 is 1.51 bits per heavy atom. The number of nitrogens with one attached hydrogen (secondary N) is 1. The minimum atomic E-state index is -0.736. The minimum Gasteiger partial charge on any atom is -0.496 e. The third kappa shape index (κ3) is 8.43. The van der Waals surface area contributed by atoms with Crippen LogP contribution in [-0.4, -0.2) is 50.1 Å². The van der Waals surface area contributed by atoms with Crippen LogP contribution >= 0.6 is 11.6 Å². The van der Waals surface area contributed by atoms with E-state index in [2.05, 4.69) is 5.32 Å². The molecule has 3 aromatic rings. The summed E-state index contributed by atoms with van der Waals surface area (Å²) in [5.41, 5.74) is 1.80. The predicted molar refractivity (Wildman–Crippen MR) is 144 cm³/mol. The molecule has 3 rings (SSSR count). The molecule has 37 heavy (non-hydrogen) atoms. The Bertz CT molecular complexity index is 1130. The molecule has 0 aliphatic heterocycles.